The lowest BCUT2D eigenvalue weighted by Gasteiger charge is -2.25. The smallest absolute Gasteiger partial charge is 0.237 e. The van der Waals surface area contributed by atoms with Gasteiger partial charge in [0.2, 0.25) is 5.91 Å². The summed E-state index contributed by atoms with van der Waals surface area (Å²) in [4.78, 5) is 11.8. The molecule has 0 aliphatic carbocycles. The van der Waals surface area contributed by atoms with Crippen molar-refractivity contribution in [3.05, 3.63) is 24.0 Å². The molecule has 16 heavy (non-hydrogen) atoms. The molecular weight excluding hydrogens is 202 g/mol. The first kappa shape index (κ1) is 12.8. The third kappa shape index (κ3) is 3.10. The van der Waals surface area contributed by atoms with Gasteiger partial charge < -0.3 is 15.6 Å². The fourth-order valence-electron chi connectivity index (χ4n) is 1.36. The number of nitrogens with two attached hydrogens (primary N) is 1. The van der Waals surface area contributed by atoms with Crippen LogP contribution in [0.1, 0.15) is 26.5 Å². The third-order valence-corrected chi connectivity index (χ3v) is 2.71. The van der Waals surface area contributed by atoms with Crippen molar-refractivity contribution in [2.45, 2.75) is 33.4 Å². The number of nitrogens with one attached hydrogen (secondary N) is 1. The third-order valence-electron chi connectivity index (χ3n) is 2.71. The number of carbonyl (C=O) groups excluding carboxylic acids is 1. The van der Waals surface area contributed by atoms with Crippen LogP contribution in [0.5, 0.6) is 0 Å². The van der Waals surface area contributed by atoms with Crippen LogP contribution in [-0.4, -0.2) is 16.5 Å². The van der Waals surface area contributed by atoms with Crippen LogP contribution in [0.4, 0.5) is 0 Å². The first-order valence-electron chi connectivity index (χ1n) is 5.46. The maximum Gasteiger partial charge on any atom is 0.237 e. The molecule has 1 rings (SSSR count). The van der Waals surface area contributed by atoms with Gasteiger partial charge in [-0.25, -0.2) is 0 Å². The molecule has 0 bridgehead atoms. The van der Waals surface area contributed by atoms with Crippen LogP contribution in [0.15, 0.2) is 18.3 Å². The van der Waals surface area contributed by atoms with E-state index in [2.05, 4.69) is 5.32 Å². The molecule has 90 valence electrons. The molecule has 0 aromatic carbocycles. The molecule has 0 saturated heterocycles. The van der Waals surface area contributed by atoms with Gasteiger partial charge in [0.1, 0.15) is 0 Å². The Labute approximate surface area is 96.8 Å². The molecule has 1 atom stereocenters. The Bertz CT molecular complexity index is 363. The van der Waals surface area contributed by atoms with E-state index in [1.54, 1.807) is 0 Å². The van der Waals surface area contributed by atoms with Gasteiger partial charge in [-0.15, -0.1) is 0 Å². The maximum absolute atomic E-state index is 11.8. The van der Waals surface area contributed by atoms with Gasteiger partial charge in [0.25, 0.3) is 0 Å². The lowest BCUT2D eigenvalue weighted by molar-refractivity contribution is -0.124. The molecule has 0 radical (unpaired) electrons. The lowest BCUT2D eigenvalue weighted by Crippen LogP contribution is -2.48. The molecule has 0 spiro atoms. The molecule has 4 heteroatoms. The molecule has 0 aliphatic rings. The van der Waals surface area contributed by atoms with Gasteiger partial charge >= 0.3 is 0 Å². The standard InChI is InChI=1S/C12H21N3O/c1-12(2,3)10(13)11(16)14-8-9-6-5-7-15(9)4/h5-7,10H,8,13H2,1-4H3,(H,14,16). The highest BCUT2D eigenvalue weighted by atomic mass is 16.2. The SMILES string of the molecule is Cn1cccc1CNC(=O)C(N)C(C)(C)C. The second-order valence-electron chi connectivity index (χ2n) is 5.17. The molecule has 0 fully saturated rings. The fraction of sp³-hybridized carbons (Fsp3) is 0.583. The molecule has 1 amide bonds. The zero-order chi connectivity index (χ0) is 12.3. The van der Waals surface area contributed by atoms with E-state index in [-0.39, 0.29) is 11.3 Å². The van der Waals surface area contributed by atoms with Gasteiger partial charge in [0.05, 0.1) is 12.6 Å². The van der Waals surface area contributed by atoms with E-state index in [0.29, 0.717) is 6.54 Å². The van der Waals surface area contributed by atoms with Gasteiger partial charge in [-0.2, -0.15) is 0 Å². The summed E-state index contributed by atoms with van der Waals surface area (Å²) in [6.45, 7) is 6.39. The monoisotopic (exact) mass is 223 g/mol. The summed E-state index contributed by atoms with van der Waals surface area (Å²) in [6.07, 6.45) is 1.95. The lowest BCUT2D eigenvalue weighted by atomic mass is 9.87. The molecule has 3 N–H and O–H groups in total. The first-order valence-corrected chi connectivity index (χ1v) is 5.46. The predicted molar refractivity (Wildman–Crippen MR) is 64.7 cm³/mol. The normalized spacial score (nSPS) is 13.6. The van der Waals surface area contributed by atoms with Gasteiger partial charge in [-0.1, -0.05) is 20.8 Å². The van der Waals surface area contributed by atoms with E-state index in [0.717, 1.165) is 5.69 Å². The van der Waals surface area contributed by atoms with E-state index >= 15 is 0 Å². The summed E-state index contributed by atoms with van der Waals surface area (Å²) in [5.74, 6) is -0.103. The topological polar surface area (TPSA) is 60.0 Å². The van der Waals surface area contributed by atoms with E-state index in [1.807, 2.05) is 50.7 Å². The minimum Gasteiger partial charge on any atom is -0.353 e. The average molecular weight is 223 g/mol. The summed E-state index contributed by atoms with van der Waals surface area (Å²) >= 11 is 0. The second-order valence-corrected chi connectivity index (χ2v) is 5.17. The summed E-state index contributed by atoms with van der Waals surface area (Å²) in [5.41, 5.74) is 6.71. The number of hydrogen-bond acceptors (Lipinski definition) is 2. The minimum atomic E-state index is -0.479. The highest BCUT2D eigenvalue weighted by Gasteiger charge is 2.27. The van der Waals surface area contributed by atoms with Crippen LogP contribution in [0, 0.1) is 5.41 Å². The fourth-order valence-corrected chi connectivity index (χ4v) is 1.36. The Morgan fingerprint density at radius 3 is 2.62 bits per heavy atom. The molecule has 0 saturated carbocycles. The molecule has 1 aromatic rings. The first-order chi connectivity index (χ1) is 7.32. The Balaban J connectivity index is 2.51. The number of rotatable bonds is 3. The number of amides is 1. The van der Waals surface area contributed by atoms with Gasteiger partial charge in [-0.05, 0) is 17.5 Å². The largest absolute Gasteiger partial charge is 0.353 e. The Morgan fingerprint density at radius 2 is 2.19 bits per heavy atom. The van der Waals surface area contributed by atoms with Crippen molar-refractivity contribution in [1.29, 1.82) is 0 Å². The van der Waals surface area contributed by atoms with Gasteiger partial charge in [0, 0.05) is 18.9 Å². The number of aromatic nitrogens is 1. The summed E-state index contributed by atoms with van der Waals surface area (Å²) < 4.78 is 1.98. The van der Waals surface area contributed by atoms with Crippen molar-refractivity contribution in [3.8, 4) is 0 Å². The van der Waals surface area contributed by atoms with Crippen molar-refractivity contribution in [2.24, 2.45) is 18.2 Å². The zero-order valence-corrected chi connectivity index (χ0v) is 10.4. The molecule has 1 heterocycles. The van der Waals surface area contributed by atoms with E-state index in [4.69, 9.17) is 5.73 Å². The van der Waals surface area contributed by atoms with Crippen LogP contribution >= 0.6 is 0 Å². The molecule has 1 aromatic heterocycles. The molecule has 0 aliphatic heterocycles. The van der Waals surface area contributed by atoms with E-state index in [1.165, 1.54) is 0 Å². The summed E-state index contributed by atoms with van der Waals surface area (Å²) in [6, 6.07) is 3.45. The molecular formula is C12H21N3O. The molecule has 1 unspecified atom stereocenters. The van der Waals surface area contributed by atoms with Crippen molar-refractivity contribution < 1.29 is 4.79 Å². The minimum absolute atomic E-state index is 0.103. The van der Waals surface area contributed by atoms with Crippen molar-refractivity contribution in [3.63, 3.8) is 0 Å². The van der Waals surface area contributed by atoms with Crippen LogP contribution in [0.25, 0.3) is 0 Å². The van der Waals surface area contributed by atoms with Gasteiger partial charge in [-0.3, -0.25) is 4.79 Å². The number of aryl methyl sites for hydroxylation is 1. The van der Waals surface area contributed by atoms with Crippen molar-refractivity contribution in [1.82, 2.24) is 9.88 Å². The maximum atomic E-state index is 11.8. The van der Waals surface area contributed by atoms with Gasteiger partial charge in [0.15, 0.2) is 0 Å². The zero-order valence-electron chi connectivity index (χ0n) is 10.4. The van der Waals surface area contributed by atoms with E-state index in [9.17, 15) is 4.79 Å². The van der Waals surface area contributed by atoms with Crippen molar-refractivity contribution in [2.75, 3.05) is 0 Å². The second kappa shape index (κ2) is 4.70. The summed E-state index contributed by atoms with van der Waals surface area (Å²) in [5, 5.41) is 2.85. The van der Waals surface area contributed by atoms with E-state index < -0.39 is 6.04 Å². The van der Waals surface area contributed by atoms with Crippen LogP contribution in [0.2, 0.25) is 0 Å². The Hall–Kier alpha value is -1.29. The highest BCUT2D eigenvalue weighted by Crippen LogP contribution is 2.17. The number of hydrogen-bond donors (Lipinski definition) is 2. The average Bonchev–Trinajstić information content (AvgIpc) is 2.58. The summed E-state index contributed by atoms with van der Waals surface area (Å²) in [7, 11) is 1.95. The van der Waals surface area contributed by atoms with Crippen LogP contribution < -0.4 is 11.1 Å². The predicted octanol–water partition coefficient (Wildman–Crippen LogP) is 1.01. The van der Waals surface area contributed by atoms with Crippen LogP contribution in [0.3, 0.4) is 0 Å². The Kier molecular flexibility index (Phi) is 3.75. The quantitative estimate of drug-likeness (QED) is 0.803. The molecule has 4 nitrogen and oxygen atoms in total. The van der Waals surface area contributed by atoms with Crippen molar-refractivity contribution >= 4 is 5.91 Å². The number of nitrogens with zero attached hydrogens (tertiary/aromatic N) is 1. The number of carbonyl (C=O) groups is 1. The van der Waals surface area contributed by atoms with Crippen LogP contribution in [-0.2, 0) is 18.4 Å². The highest BCUT2D eigenvalue weighted by molar-refractivity contribution is 5.82. The Morgan fingerprint density at radius 1 is 1.56 bits per heavy atom.